The molecule has 11 heavy (non-hydrogen) atoms. The molecule has 2 heterocycles. The van der Waals surface area contributed by atoms with Gasteiger partial charge in [-0.15, -0.1) is 0 Å². The molecule has 1 aliphatic rings. The van der Waals surface area contributed by atoms with Gasteiger partial charge >= 0.3 is 0 Å². The number of hydrogen-bond donors (Lipinski definition) is 0. The molecule has 0 unspecified atom stereocenters. The zero-order chi connectivity index (χ0) is 7.52. The lowest BCUT2D eigenvalue weighted by atomic mass is 10.4. The van der Waals surface area contributed by atoms with E-state index in [0.29, 0.717) is 0 Å². The van der Waals surface area contributed by atoms with Crippen molar-refractivity contribution in [2.45, 2.75) is 6.42 Å². The summed E-state index contributed by atoms with van der Waals surface area (Å²) in [5.74, 6) is 0. The Labute approximate surface area is 65.4 Å². The van der Waals surface area contributed by atoms with Crippen LogP contribution in [-0.4, -0.2) is 17.7 Å². The Kier molecular flexibility index (Phi) is 1.55. The van der Waals surface area contributed by atoms with Crippen LogP contribution in [0.25, 0.3) is 0 Å². The van der Waals surface area contributed by atoms with Crippen LogP contribution >= 0.6 is 0 Å². The van der Waals surface area contributed by atoms with E-state index in [4.69, 9.17) is 0 Å². The van der Waals surface area contributed by atoms with Crippen molar-refractivity contribution in [3.8, 4) is 0 Å². The van der Waals surface area contributed by atoms with Gasteiger partial charge in [0.05, 0.1) is 11.9 Å². The Bertz CT molecular complexity index is 255. The van der Waals surface area contributed by atoms with Gasteiger partial charge in [-0.25, -0.2) is 0 Å². The molecule has 2 rings (SSSR count). The quantitative estimate of drug-likeness (QED) is 0.598. The van der Waals surface area contributed by atoms with Crippen molar-refractivity contribution in [3.63, 3.8) is 0 Å². The minimum absolute atomic E-state index is 0.978. The van der Waals surface area contributed by atoms with Crippen LogP contribution in [-0.2, 0) is 0 Å². The Morgan fingerprint density at radius 1 is 1.45 bits per heavy atom. The van der Waals surface area contributed by atoms with E-state index in [9.17, 15) is 0 Å². The summed E-state index contributed by atoms with van der Waals surface area (Å²) in [5.41, 5.74) is 1.07. The molecule has 1 aliphatic heterocycles. The van der Waals surface area contributed by atoms with Crippen molar-refractivity contribution >= 4 is 11.9 Å². The van der Waals surface area contributed by atoms with E-state index >= 15 is 0 Å². The van der Waals surface area contributed by atoms with Crippen LogP contribution in [0.3, 0.4) is 0 Å². The highest BCUT2D eigenvalue weighted by Crippen LogP contribution is 2.14. The maximum atomic E-state index is 4.17. The zero-order valence-electron chi connectivity index (χ0n) is 6.14. The molecule has 0 saturated heterocycles. The van der Waals surface area contributed by atoms with Gasteiger partial charge in [0.15, 0.2) is 0 Å². The molecule has 0 aliphatic carbocycles. The van der Waals surface area contributed by atoms with Crippen molar-refractivity contribution < 1.29 is 0 Å². The average molecular weight is 147 g/mol. The first-order valence-corrected chi connectivity index (χ1v) is 3.67. The molecular formula is C8H9N3. The number of hydrazone groups is 1. The molecule has 56 valence electrons. The van der Waals surface area contributed by atoms with Crippen LogP contribution in [0.1, 0.15) is 6.42 Å². The van der Waals surface area contributed by atoms with Crippen LogP contribution in [0.5, 0.6) is 0 Å². The summed E-state index contributed by atoms with van der Waals surface area (Å²) in [6.07, 6.45) is 6.55. The molecule has 3 heteroatoms. The third kappa shape index (κ3) is 1.22. The monoisotopic (exact) mass is 147 g/mol. The summed E-state index contributed by atoms with van der Waals surface area (Å²) in [7, 11) is 0. The lowest BCUT2D eigenvalue weighted by molar-refractivity contribution is 0.917. The maximum absolute atomic E-state index is 4.17. The largest absolute Gasteiger partial charge is 0.264 e. The van der Waals surface area contributed by atoms with Crippen molar-refractivity contribution in [2.75, 3.05) is 11.6 Å². The molecule has 0 spiro atoms. The molecule has 0 atom stereocenters. The lowest BCUT2D eigenvalue weighted by Gasteiger charge is -2.11. The van der Waals surface area contributed by atoms with E-state index < -0.39 is 0 Å². The Morgan fingerprint density at radius 2 is 2.45 bits per heavy atom. The highest BCUT2D eigenvalue weighted by Gasteiger charge is 2.06. The molecule has 0 aromatic carbocycles. The fourth-order valence-electron chi connectivity index (χ4n) is 1.10. The predicted molar refractivity (Wildman–Crippen MR) is 44.7 cm³/mol. The van der Waals surface area contributed by atoms with Gasteiger partial charge in [-0.1, -0.05) is 0 Å². The van der Waals surface area contributed by atoms with Crippen LogP contribution in [0.15, 0.2) is 29.6 Å². The molecule has 0 bridgehead atoms. The number of pyridine rings is 1. The van der Waals surface area contributed by atoms with E-state index in [1.54, 1.807) is 6.20 Å². The average Bonchev–Trinajstić information content (AvgIpc) is 2.58. The SMILES string of the molecule is C1=NN(c2cccnc2)CC1. The van der Waals surface area contributed by atoms with E-state index in [0.717, 1.165) is 18.7 Å². The highest BCUT2D eigenvalue weighted by atomic mass is 15.5. The van der Waals surface area contributed by atoms with Crippen LogP contribution < -0.4 is 5.01 Å². The van der Waals surface area contributed by atoms with Crippen LogP contribution in [0, 0.1) is 0 Å². The molecule has 1 aromatic heterocycles. The van der Waals surface area contributed by atoms with Gasteiger partial charge in [-0.05, 0) is 12.1 Å². The number of anilines is 1. The molecule has 0 saturated carbocycles. The van der Waals surface area contributed by atoms with E-state index in [1.807, 2.05) is 29.6 Å². The number of hydrogen-bond acceptors (Lipinski definition) is 3. The van der Waals surface area contributed by atoms with Gasteiger partial charge in [0, 0.05) is 25.4 Å². The van der Waals surface area contributed by atoms with Gasteiger partial charge in [-0.2, -0.15) is 5.10 Å². The predicted octanol–water partition coefficient (Wildman–Crippen LogP) is 1.28. The smallest absolute Gasteiger partial charge is 0.0777 e. The van der Waals surface area contributed by atoms with Gasteiger partial charge in [0.1, 0.15) is 0 Å². The normalized spacial score (nSPS) is 15.8. The molecule has 0 N–H and O–H groups in total. The number of rotatable bonds is 1. The minimum Gasteiger partial charge on any atom is -0.264 e. The van der Waals surface area contributed by atoms with Gasteiger partial charge in [-0.3, -0.25) is 9.99 Å². The van der Waals surface area contributed by atoms with E-state index in [-0.39, 0.29) is 0 Å². The molecular weight excluding hydrogens is 138 g/mol. The van der Waals surface area contributed by atoms with Crippen molar-refractivity contribution in [1.82, 2.24) is 4.98 Å². The second kappa shape index (κ2) is 2.70. The molecule has 0 fully saturated rings. The maximum Gasteiger partial charge on any atom is 0.0777 e. The van der Waals surface area contributed by atoms with E-state index in [2.05, 4.69) is 10.1 Å². The van der Waals surface area contributed by atoms with Gasteiger partial charge in [0.2, 0.25) is 0 Å². The summed E-state index contributed by atoms with van der Waals surface area (Å²) in [4.78, 5) is 4.01. The summed E-state index contributed by atoms with van der Waals surface area (Å²) in [6, 6.07) is 3.93. The second-order valence-corrected chi connectivity index (χ2v) is 2.42. The molecule has 0 radical (unpaired) electrons. The Balaban J connectivity index is 2.23. The fraction of sp³-hybridized carbons (Fsp3) is 0.250. The lowest BCUT2D eigenvalue weighted by Crippen LogP contribution is -2.11. The van der Waals surface area contributed by atoms with Crippen molar-refractivity contribution in [2.24, 2.45) is 5.10 Å². The van der Waals surface area contributed by atoms with Gasteiger partial charge < -0.3 is 0 Å². The summed E-state index contributed by atoms with van der Waals surface area (Å²) < 4.78 is 0. The standard InChI is InChI=1S/C8H9N3/c1-3-8(7-9-4-1)11-6-2-5-10-11/h1,3-5,7H,2,6H2. The number of aromatic nitrogens is 1. The highest BCUT2D eigenvalue weighted by molar-refractivity contribution is 5.64. The van der Waals surface area contributed by atoms with Crippen molar-refractivity contribution in [1.29, 1.82) is 0 Å². The third-order valence-electron chi connectivity index (χ3n) is 1.64. The first kappa shape index (κ1) is 6.34. The number of nitrogens with zero attached hydrogens (tertiary/aromatic N) is 3. The molecule has 3 nitrogen and oxygen atoms in total. The Morgan fingerprint density at radius 3 is 3.09 bits per heavy atom. The summed E-state index contributed by atoms with van der Waals surface area (Å²) in [5, 5.41) is 6.13. The second-order valence-electron chi connectivity index (χ2n) is 2.42. The summed E-state index contributed by atoms with van der Waals surface area (Å²) >= 11 is 0. The van der Waals surface area contributed by atoms with Crippen LogP contribution in [0.2, 0.25) is 0 Å². The molecule has 1 aromatic rings. The van der Waals surface area contributed by atoms with Crippen LogP contribution in [0.4, 0.5) is 5.69 Å². The molecule has 0 amide bonds. The Hall–Kier alpha value is -1.38. The first-order valence-electron chi connectivity index (χ1n) is 3.67. The minimum atomic E-state index is 0.978. The summed E-state index contributed by atoms with van der Waals surface area (Å²) in [6.45, 7) is 0.978. The fourth-order valence-corrected chi connectivity index (χ4v) is 1.10. The topological polar surface area (TPSA) is 28.5 Å². The van der Waals surface area contributed by atoms with Gasteiger partial charge in [0.25, 0.3) is 0 Å². The van der Waals surface area contributed by atoms with E-state index in [1.165, 1.54) is 0 Å². The zero-order valence-corrected chi connectivity index (χ0v) is 6.14. The van der Waals surface area contributed by atoms with Crippen molar-refractivity contribution in [3.05, 3.63) is 24.5 Å². The first-order chi connectivity index (χ1) is 5.47. The third-order valence-corrected chi connectivity index (χ3v) is 1.64.